The molecule has 1 fully saturated rings. The van der Waals surface area contributed by atoms with Crippen molar-refractivity contribution >= 4 is 23.3 Å². The zero-order valence-corrected chi connectivity index (χ0v) is 19.3. The van der Waals surface area contributed by atoms with Crippen LogP contribution in [0.25, 0.3) is 5.69 Å². The van der Waals surface area contributed by atoms with Gasteiger partial charge in [0.2, 0.25) is 0 Å². The van der Waals surface area contributed by atoms with Crippen LogP contribution in [0.3, 0.4) is 0 Å². The molecule has 1 N–H and O–H groups in total. The van der Waals surface area contributed by atoms with E-state index in [0.717, 1.165) is 37.6 Å². The molecule has 9 nitrogen and oxygen atoms in total. The average molecular weight is 462 g/mol. The zero-order chi connectivity index (χ0) is 23.8. The summed E-state index contributed by atoms with van der Waals surface area (Å²) >= 11 is 0. The number of nitrogens with zero attached hydrogens (tertiary/aromatic N) is 5. The Morgan fingerprint density at radius 1 is 0.912 bits per heavy atom. The molecule has 0 atom stereocenters. The lowest BCUT2D eigenvalue weighted by atomic mass is 10.0. The van der Waals surface area contributed by atoms with Crippen LogP contribution in [-0.2, 0) is 6.42 Å². The normalized spacial score (nSPS) is 16.5. The Morgan fingerprint density at radius 2 is 1.53 bits per heavy atom. The quantitative estimate of drug-likeness (QED) is 0.624. The van der Waals surface area contributed by atoms with E-state index in [-0.39, 0.29) is 17.3 Å². The van der Waals surface area contributed by atoms with E-state index >= 15 is 0 Å². The van der Waals surface area contributed by atoms with Gasteiger partial charge in [0.1, 0.15) is 11.4 Å². The van der Waals surface area contributed by atoms with Crippen LogP contribution >= 0.6 is 0 Å². The number of rotatable bonds is 5. The summed E-state index contributed by atoms with van der Waals surface area (Å²) in [4.78, 5) is 31.8. The molecule has 5 rings (SSSR count). The van der Waals surface area contributed by atoms with Gasteiger partial charge in [0.05, 0.1) is 12.8 Å². The van der Waals surface area contributed by atoms with Gasteiger partial charge in [-0.15, -0.1) is 0 Å². The second kappa shape index (κ2) is 8.83. The number of hydrogen-bond donors (Lipinski definition) is 1. The molecule has 0 bridgehead atoms. The zero-order valence-electron chi connectivity index (χ0n) is 19.3. The van der Waals surface area contributed by atoms with Crippen LogP contribution in [0.4, 0.5) is 11.4 Å². The number of aromatic nitrogens is 2. The predicted octanol–water partition coefficient (Wildman–Crippen LogP) is 2.53. The maximum atomic E-state index is 13.6. The highest BCUT2D eigenvalue weighted by Crippen LogP contribution is 2.30. The standard InChI is InChI=1S/C25H27N5O4/c1-27-13-15-28(16-14-27)17-3-5-18(6-4-17)29-12-11-21-22(25(32)33)26-30(23(21)24(29)31)19-7-9-20(34-2)10-8-19/h3-10H,11-16H2,1-2H3,(H,32,33). The fourth-order valence-electron chi connectivity index (χ4n) is 4.60. The summed E-state index contributed by atoms with van der Waals surface area (Å²) in [7, 11) is 3.70. The number of amides is 1. The summed E-state index contributed by atoms with van der Waals surface area (Å²) in [5, 5.41) is 14.0. The fraction of sp³-hybridized carbons (Fsp3) is 0.320. The van der Waals surface area contributed by atoms with Crippen molar-refractivity contribution < 1.29 is 19.4 Å². The van der Waals surface area contributed by atoms with Gasteiger partial charge >= 0.3 is 5.97 Å². The molecule has 2 aliphatic rings. The van der Waals surface area contributed by atoms with E-state index in [0.29, 0.717) is 30.0 Å². The lowest BCUT2D eigenvalue weighted by molar-refractivity contribution is 0.0688. The number of piperazine rings is 1. The number of carboxylic acid groups (broad SMARTS) is 1. The molecule has 3 heterocycles. The lowest BCUT2D eigenvalue weighted by Gasteiger charge is -2.34. The highest BCUT2D eigenvalue weighted by molar-refractivity contribution is 6.09. The number of benzene rings is 2. The van der Waals surface area contributed by atoms with Crippen molar-refractivity contribution in [3.63, 3.8) is 0 Å². The summed E-state index contributed by atoms with van der Waals surface area (Å²) in [5.41, 5.74) is 3.20. The first-order valence-electron chi connectivity index (χ1n) is 11.3. The van der Waals surface area contributed by atoms with Crippen molar-refractivity contribution in [2.24, 2.45) is 0 Å². The Labute approximate surface area is 197 Å². The smallest absolute Gasteiger partial charge is 0.356 e. The molecule has 1 amide bonds. The van der Waals surface area contributed by atoms with Crippen molar-refractivity contribution in [2.45, 2.75) is 6.42 Å². The third-order valence-corrected chi connectivity index (χ3v) is 6.57. The van der Waals surface area contributed by atoms with Gasteiger partial charge in [-0.1, -0.05) is 0 Å². The van der Waals surface area contributed by atoms with Gasteiger partial charge in [-0.05, 0) is 62.0 Å². The van der Waals surface area contributed by atoms with Crippen LogP contribution in [-0.4, -0.2) is 78.5 Å². The van der Waals surface area contributed by atoms with E-state index in [1.807, 2.05) is 24.3 Å². The molecule has 34 heavy (non-hydrogen) atoms. The molecular weight excluding hydrogens is 434 g/mol. The van der Waals surface area contributed by atoms with Gasteiger partial charge in [0.25, 0.3) is 5.91 Å². The van der Waals surface area contributed by atoms with Gasteiger partial charge in [-0.25, -0.2) is 9.48 Å². The van der Waals surface area contributed by atoms with Crippen LogP contribution in [0.5, 0.6) is 5.75 Å². The van der Waals surface area contributed by atoms with Crippen LogP contribution < -0.4 is 14.5 Å². The second-order valence-electron chi connectivity index (χ2n) is 8.60. The molecule has 0 spiro atoms. The minimum absolute atomic E-state index is 0.0794. The highest BCUT2D eigenvalue weighted by Gasteiger charge is 2.35. The fourth-order valence-corrected chi connectivity index (χ4v) is 4.60. The van der Waals surface area contributed by atoms with Crippen molar-refractivity contribution in [2.75, 3.05) is 56.7 Å². The Hall–Kier alpha value is -3.85. The highest BCUT2D eigenvalue weighted by atomic mass is 16.5. The maximum absolute atomic E-state index is 13.6. The summed E-state index contributed by atoms with van der Waals surface area (Å²) in [6.07, 6.45) is 0.416. The predicted molar refractivity (Wildman–Crippen MR) is 129 cm³/mol. The SMILES string of the molecule is COc1ccc(-n2nc(C(=O)O)c3c2C(=O)N(c2ccc(N4CCN(C)CC4)cc2)CC3)cc1. The topological polar surface area (TPSA) is 91.1 Å². The monoisotopic (exact) mass is 461 g/mol. The van der Waals surface area contributed by atoms with Crippen molar-refractivity contribution in [3.8, 4) is 11.4 Å². The first-order chi connectivity index (χ1) is 16.5. The molecule has 9 heteroatoms. The molecule has 0 radical (unpaired) electrons. The Morgan fingerprint density at radius 3 is 2.15 bits per heavy atom. The third-order valence-electron chi connectivity index (χ3n) is 6.57. The van der Waals surface area contributed by atoms with Gasteiger partial charge in [0.15, 0.2) is 5.69 Å². The molecule has 0 aliphatic carbocycles. The first-order valence-corrected chi connectivity index (χ1v) is 11.3. The van der Waals surface area contributed by atoms with Crippen LogP contribution in [0.15, 0.2) is 48.5 Å². The molecule has 3 aromatic rings. The number of carbonyl (C=O) groups excluding carboxylic acids is 1. The molecule has 1 aromatic heterocycles. The van der Waals surface area contributed by atoms with Crippen LogP contribution in [0, 0.1) is 0 Å². The van der Waals surface area contributed by atoms with E-state index in [9.17, 15) is 14.7 Å². The number of fused-ring (bicyclic) bond motifs is 1. The van der Waals surface area contributed by atoms with E-state index in [4.69, 9.17) is 4.74 Å². The van der Waals surface area contributed by atoms with Gasteiger partial charge < -0.3 is 24.5 Å². The van der Waals surface area contributed by atoms with E-state index < -0.39 is 5.97 Å². The second-order valence-corrected chi connectivity index (χ2v) is 8.60. The molecule has 2 aliphatic heterocycles. The average Bonchev–Trinajstić information content (AvgIpc) is 3.26. The summed E-state index contributed by atoms with van der Waals surface area (Å²) in [6.45, 7) is 4.39. The van der Waals surface area contributed by atoms with Gasteiger partial charge in [0, 0.05) is 49.7 Å². The van der Waals surface area contributed by atoms with E-state index in [2.05, 4.69) is 21.9 Å². The largest absolute Gasteiger partial charge is 0.497 e. The third kappa shape index (κ3) is 3.88. The minimum atomic E-state index is -1.14. The maximum Gasteiger partial charge on any atom is 0.356 e. The number of likely N-dealkylation sites (N-methyl/N-ethyl adjacent to an activating group) is 1. The molecule has 176 valence electrons. The van der Waals surface area contributed by atoms with Gasteiger partial charge in [-0.2, -0.15) is 5.10 Å². The van der Waals surface area contributed by atoms with Crippen LogP contribution in [0.1, 0.15) is 26.5 Å². The molecule has 0 saturated carbocycles. The number of ether oxygens (including phenoxy) is 1. The minimum Gasteiger partial charge on any atom is -0.497 e. The van der Waals surface area contributed by atoms with E-state index in [1.54, 1.807) is 36.3 Å². The Kier molecular flexibility index (Phi) is 5.70. The molecule has 2 aromatic carbocycles. The molecule has 0 unspecified atom stereocenters. The number of carbonyl (C=O) groups is 2. The number of hydrogen-bond acceptors (Lipinski definition) is 6. The Balaban J connectivity index is 1.46. The first kappa shape index (κ1) is 22.0. The summed E-state index contributed by atoms with van der Waals surface area (Å²) in [5.74, 6) is -0.734. The van der Waals surface area contributed by atoms with Crippen molar-refractivity contribution in [1.29, 1.82) is 0 Å². The lowest BCUT2D eigenvalue weighted by Crippen LogP contribution is -2.44. The number of anilines is 2. The number of methoxy groups -OCH3 is 1. The summed E-state index contributed by atoms with van der Waals surface area (Å²) in [6, 6.07) is 15.0. The Bertz CT molecular complexity index is 1210. The van der Waals surface area contributed by atoms with Crippen molar-refractivity contribution in [1.82, 2.24) is 14.7 Å². The molecule has 1 saturated heterocycles. The van der Waals surface area contributed by atoms with Crippen LogP contribution in [0.2, 0.25) is 0 Å². The number of carboxylic acids is 1. The van der Waals surface area contributed by atoms with Gasteiger partial charge in [-0.3, -0.25) is 4.79 Å². The van der Waals surface area contributed by atoms with Crippen molar-refractivity contribution in [3.05, 3.63) is 65.5 Å². The summed E-state index contributed by atoms with van der Waals surface area (Å²) < 4.78 is 6.65. The van der Waals surface area contributed by atoms with E-state index in [1.165, 1.54) is 4.68 Å². The molecular formula is C25H27N5O4. The number of aromatic carboxylic acids is 1.